The van der Waals surface area contributed by atoms with Crippen molar-refractivity contribution < 1.29 is 14.6 Å². The van der Waals surface area contributed by atoms with Crippen molar-refractivity contribution >= 4 is 22.0 Å². The third-order valence-corrected chi connectivity index (χ3v) is 2.35. The highest BCUT2D eigenvalue weighted by Gasteiger charge is 2.06. The fourth-order valence-corrected chi connectivity index (χ4v) is 1.43. The van der Waals surface area contributed by atoms with Crippen molar-refractivity contribution in [3.63, 3.8) is 0 Å². The summed E-state index contributed by atoms with van der Waals surface area (Å²) in [5.74, 6) is 0.705. The number of carbonyl (C=O) groups is 1. The van der Waals surface area contributed by atoms with Gasteiger partial charge in [0.05, 0.1) is 10.5 Å². The maximum atomic E-state index is 10.3. The molecule has 82 valence electrons. The second-order valence-electron chi connectivity index (χ2n) is 3.09. The highest BCUT2D eigenvalue weighted by Crippen LogP contribution is 2.23. The lowest BCUT2D eigenvalue weighted by atomic mass is 10.3. The Bertz CT molecular complexity index is 343. The van der Waals surface area contributed by atoms with Crippen LogP contribution in [0, 0.1) is 0 Å². The zero-order valence-electron chi connectivity index (χ0n) is 8.24. The van der Waals surface area contributed by atoms with E-state index in [2.05, 4.69) is 21.2 Å². The van der Waals surface area contributed by atoms with Gasteiger partial charge in [-0.25, -0.2) is 4.79 Å². The summed E-state index contributed by atoms with van der Waals surface area (Å²) in [6.07, 6.45) is -1.04. The largest absolute Gasteiger partial charge is 0.490 e. The Morgan fingerprint density at radius 3 is 2.87 bits per heavy atom. The SMILES string of the molecule is C[C@@H](COc1ccccc1Br)NC(=O)O. The van der Waals surface area contributed by atoms with E-state index in [0.29, 0.717) is 12.4 Å². The lowest BCUT2D eigenvalue weighted by Gasteiger charge is -2.13. The number of carboxylic acid groups (broad SMARTS) is 1. The summed E-state index contributed by atoms with van der Waals surface area (Å²) in [5, 5.41) is 10.8. The van der Waals surface area contributed by atoms with Crippen molar-refractivity contribution in [2.75, 3.05) is 6.61 Å². The summed E-state index contributed by atoms with van der Waals surface area (Å²) in [5.41, 5.74) is 0. The zero-order valence-corrected chi connectivity index (χ0v) is 9.82. The minimum absolute atomic E-state index is 0.241. The second kappa shape index (κ2) is 5.60. The molecule has 0 saturated heterocycles. The molecular weight excluding hydrogens is 262 g/mol. The third kappa shape index (κ3) is 4.20. The minimum Gasteiger partial charge on any atom is -0.490 e. The predicted octanol–water partition coefficient (Wildman–Crippen LogP) is 2.48. The van der Waals surface area contributed by atoms with E-state index in [0.717, 1.165) is 4.47 Å². The molecule has 0 spiro atoms. The van der Waals surface area contributed by atoms with Crippen molar-refractivity contribution in [2.24, 2.45) is 0 Å². The van der Waals surface area contributed by atoms with Crippen LogP contribution in [0.2, 0.25) is 0 Å². The van der Waals surface area contributed by atoms with E-state index in [1.807, 2.05) is 24.3 Å². The molecule has 1 aromatic rings. The van der Waals surface area contributed by atoms with Crippen molar-refractivity contribution in [2.45, 2.75) is 13.0 Å². The number of nitrogens with one attached hydrogen (secondary N) is 1. The third-order valence-electron chi connectivity index (χ3n) is 1.70. The van der Waals surface area contributed by atoms with E-state index in [1.54, 1.807) is 6.92 Å². The van der Waals surface area contributed by atoms with Gasteiger partial charge in [0, 0.05) is 0 Å². The van der Waals surface area contributed by atoms with Crippen LogP contribution in [-0.4, -0.2) is 23.8 Å². The van der Waals surface area contributed by atoms with E-state index in [1.165, 1.54) is 0 Å². The minimum atomic E-state index is -1.04. The first-order valence-corrected chi connectivity index (χ1v) is 5.25. The van der Waals surface area contributed by atoms with Gasteiger partial charge in [-0.05, 0) is 35.0 Å². The van der Waals surface area contributed by atoms with Gasteiger partial charge in [0.15, 0.2) is 0 Å². The average Bonchev–Trinajstić information content (AvgIpc) is 2.15. The summed E-state index contributed by atoms with van der Waals surface area (Å²) in [4.78, 5) is 10.3. The lowest BCUT2D eigenvalue weighted by molar-refractivity contribution is 0.183. The summed E-state index contributed by atoms with van der Waals surface area (Å²) in [6, 6.07) is 7.18. The molecule has 5 heteroatoms. The molecule has 1 aromatic carbocycles. The predicted molar refractivity (Wildman–Crippen MR) is 60.3 cm³/mol. The number of hydrogen-bond donors (Lipinski definition) is 2. The van der Waals surface area contributed by atoms with Crippen LogP contribution in [0.25, 0.3) is 0 Å². The molecule has 1 atom stereocenters. The molecule has 1 amide bonds. The molecule has 0 heterocycles. The molecule has 2 N–H and O–H groups in total. The normalized spacial score (nSPS) is 11.9. The Morgan fingerprint density at radius 1 is 1.60 bits per heavy atom. The number of halogens is 1. The van der Waals surface area contributed by atoms with Gasteiger partial charge in [-0.3, -0.25) is 0 Å². The molecular formula is C10H12BrNO3. The topological polar surface area (TPSA) is 58.6 Å². The Labute approximate surface area is 96.4 Å². The van der Waals surface area contributed by atoms with Gasteiger partial charge in [0.2, 0.25) is 0 Å². The highest BCUT2D eigenvalue weighted by molar-refractivity contribution is 9.10. The first-order valence-electron chi connectivity index (χ1n) is 4.46. The Morgan fingerprint density at radius 2 is 2.27 bits per heavy atom. The van der Waals surface area contributed by atoms with Gasteiger partial charge < -0.3 is 15.2 Å². The fraction of sp³-hybridized carbons (Fsp3) is 0.300. The van der Waals surface area contributed by atoms with Crippen LogP contribution in [0.3, 0.4) is 0 Å². The maximum absolute atomic E-state index is 10.3. The average molecular weight is 274 g/mol. The van der Waals surface area contributed by atoms with Crippen LogP contribution in [0.1, 0.15) is 6.92 Å². The Kier molecular flexibility index (Phi) is 4.42. The van der Waals surface area contributed by atoms with E-state index in [9.17, 15) is 4.79 Å². The molecule has 0 unspecified atom stereocenters. The van der Waals surface area contributed by atoms with Gasteiger partial charge in [-0.2, -0.15) is 0 Å². The number of para-hydroxylation sites is 1. The Balaban J connectivity index is 2.43. The standard InChI is InChI=1S/C10H12BrNO3/c1-7(12-10(13)14)6-15-9-5-3-2-4-8(9)11/h2-5,7,12H,6H2,1H3,(H,13,14)/t7-/m0/s1. The van der Waals surface area contributed by atoms with Crippen molar-refractivity contribution in [1.29, 1.82) is 0 Å². The molecule has 0 aliphatic heterocycles. The van der Waals surface area contributed by atoms with Crippen LogP contribution in [0.4, 0.5) is 4.79 Å². The molecule has 0 saturated carbocycles. The highest BCUT2D eigenvalue weighted by atomic mass is 79.9. The zero-order chi connectivity index (χ0) is 11.3. The van der Waals surface area contributed by atoms with Gasteiger partial charge in [0.1, 0.15) is 12.4 Å². The first-order chi connectivity index (χ1) is 7.09. The molecule has 0 aromatic heterocycles. The second-order valence-corrected chi connectivity index (χ2v) is 3.95. The lowest BCUT2D eigenvalue weighted by Crippen LogP contribution is -2.35. The molecule has 0 aliphatic rings. The van der Waals surface area contributed by atoms with Crippen molar-refractivity contribution in [3.8, 4) is 5.75 Å². The molecule has 4 nitrogen and oxygen atoms in total. The Hall–Kier alpha value is -1.23. The number of hydrogen-bond acceptors (Lipinski definition) is 2. The summed E-state index contributed by atoms with van der Waals surface area (Å²) >= 11 is 3.34. The van der Waals surface area contributed by atoms with E-state index < -0.39 is 6.09 Å². The van der Waals surface area contributed by atoms with Gasteiger partial charge in [-0.15, -0.1) is 0 Å². The number of ether oxygens (including phenoxy) is 1. The maximum Gasteiger partial charge on any atom is 0.404 e. The van der Waals surface area contributed by atoms with E-state index in [-0.39, 0.29) is 6.04 Å². The molecule has 0 radical (unpaired) electrons. The molecule has 0 aliphatic carbocycles. The van der Waals surface area contributed by atoms with Crippen LogP contribution in [0.15, 0.2) is 28.7 Å². The number of rotatable bonds is 4. The summed E-state index contributed by atoms with van der Waals surface area (Å²) < 4.78 is 6.28. The van der Waals surface area contributed by atoms with Crippen LogP contribution in [-0.2, 0) is 0 Å². The van der Waals surface area contributed by atoms with Crippen LogP contribution in [0.5, 0.6) is 5.75 Å². The van der Waals surface area contributed by atoms with Crippen molar-refractivity contribution in [3.05, 3.63) is 28.7 Å². The van der Waals surface area contributed by atoms with Gasteiger partial charge in [0.25, 0.3) is 0 Å². The quantitative estimate of drug-likeness (QED) is 0.886. The summed E-state index contributed by atoms with van der Waals surface area (Å²) in [6.45, 7) is 2.04. The van der Waals surface area contributed by atoms with Crippen LogP contribution >= 0.6 is 15.9 Å². The molecule has 15 heavy (non-hydrogen) atoms. The number of benzene rings is 1. The first kappa shape index (κ1) is 11.8. The molecule has 0 fully saturated rings. The van der Waals surface area contributed by atoms with Crippen LogP contribution < -0.4 is 10.1 Å². The molecule has 1 rings (SSSR count). The van der Waals surface area contributed by atoms with Gasteiger partial charge >= 0.3 is 6.09 Å². The van der Waals surface area contributed by atoms with E-state index >= 15 is 0 Å². The monoisotopic (exact) mass is 273 g/mol. The number of amides is 1. The smallest absolute Gasteiger partial charge is 0.404 e. The summed E-state index contributed by atoms with van der Waals surface area (Å²) in [7, 11) is 0. The fourth-order valence-electron chi connectivity index (χ4n) is 1.03. The molecule has 0 bridgehead atoms. The van der Waals surface area contributed by atoms with Gasteiger partial charge in [-0.1, -0.05) is 12.1 Å². The van der Waals surface area contributed by atoms with E-state index in [4.69, 9.17) is 9.84 Å². The van der Waals surface area contributed by atoms with Crippen molar-refractivity contribution in [1.82, 2.24) is 5.32 Å².